The van der Waals surface area contributed by atoms with E-state index in [4.69, 9.17) is 0 Å². The van der Waals surface area contributed by atoms with E-state index in [1.54, 1.807) is 11.3 Å². The standard InChI is InChI=1S/C19H27N3O2S/c1-12(2)8-21(9-13(3)4)16(23)10-22-11-20-18-17(19(22)24)14-6-5-7-15(14)25-18/h11-13H,5-10H2,1-4H3. The monoisotopic (exact) mass is 361 g/mol. The first-order valence-corrected chi connectivity index (χ1v) is 9.96. The van der Waals surface area contributed by atoms with Crippen molar-refractivity contribution in [3.63, 3.8) is 0 Å². The van der Waals surface area contributed by atoms with Crippen LogP contribution in [0.15, 0.2) is 11.1 Å². The summed E-state index contributed by atoms with van der Waals surface area (Å²) in [4.78, 5) is 34.1. The number of aromatic nitrogens is 2. The van der Waals surface area contributed by atoms with Crippen molar-refractivity contribution in [1.82, 2.24) is 14.5 Å². The molecule has 0 unspecified atom stereocenters. The Morgan fingerprint density at radius 1 is 1.24 bits per heavy atom. The zero-order valence-corrected chi connectivity index (χ0v) is 16.4. The maximum atomic E-state index is 12.9. The van der Waals surface area contributed by atoms with Gasteiger partial charge in [-0.2, -0.15) is 0 Å². The molecule has 1 aliphatic rings. The number of hydrogen-bond donors (Lipinski definition) is 0. The number of nitrogens with zero attached hydrogens (tertiary/aromatic N) is 3. The summed E-state index contributed by atoms with van der Waals surface area (Å²) in [6.45, 7) is 9.94. The lowest BCUT2D eigenvalue weighted by molar-refractivity contribution is -0.133. The highest BCUT2D eigenvalue weighted by Gasteiger charge is 2.23. The van der Waals surface area contributed by atoms with E-state index in [0.29, 0.717) is 11.8 Å². The molecule has 0 N–H and O–H groups in total. The molecule has 5 nitrogen and oxygen atoms in total. The fourth-order valence-electron chi connectivity index (χ4n) is 3.54. The van der Waals surface area contributed by atoms with E-state index in [-0.39, 0.29) is 18.0 Å². The molecule has 0 bridgehead atoms. The molecule has 25 heavy (non-hydrogen) atoms. The molecule has 0 aliphatic heterocycles. The van der Waals surface area contributed by atoms with Gasteiger partial charge in [-0.3, -0.25) is 14.2 Å². The Labute approximate surface area is 152 Å². The smallest absolute Gasteiger partial charge is 0.262 e. The quantitative estimate of drug-likeness (QED) is 0.794. The fourth-order valence-corrected chi connectivity index (χ4v) is 4.76. The van der Waals surface area contributed by atoms with E-state index >= 15 is 0 Å². The number of hydrogen-bond acceptors (Lipinski definition) is 4. The minimum atomic E-state index is -0.0632. The van der Waals surface area contributed by atoms with Crippen molar-refractivity contribution in [2.75, 3.05) is 13.1 Å². The molecule has 3 rings (SSSR count). The van der Waals surface area contributed by atoms with E-state index < -0.39 is 0 Å². The number of amides is 1. The van der Waals surface area contributed by atoms with Crippen molar-refractivity contribution in [1.29, 1.82) is 0 Å². The van der Waals surface area contributed by atoms with Gasteiger partial charge in [-0.15, -0.1) is 11.3 Å². The van der Waals surface area contributed by atoms with Crippen molar-refractivity contribution in [3.05, 3.63) is 27.1 Å². The Kier molecular flexibility index (Phi) is 5.27. The van der Waals surface area contributed by atoms with Crippen LogP contribution >= 0.6 is 11.3 Å². The third-order valence-electron chi connectivity index (χ3n) is 4.52. The molecule has 0 atom stereocenters. The maximum Gasteiger partial charge on any atom is 0.262 e. The Balaban J connectivity index is 1.87. The van der Waals surface area contributed by atoms with E-state index in [9.17, 15) is 9.59 Å². The third kappa shape index (κ3) is 3.78. The molecule has 1 amide bonds. The van der Waals surface area contributed by atoms with Crippen LogP contribution in [-0.4, -0.2) is 33.4 Å². The summed E-state index contributed by atoms with van der Waals surface area (Å²) in [6.07, 6.45) is 4.65. The Morgan fingerprint density at radius 3 is 2.56 bits per heavy atom. The van der Waals surface area contributed by atoms with Crippen molar-refractivity contribution < 1.29 is 4.79 Å². The van der Waals surface area contributed by atoms with Gasteiger partial charge >= 0.3 is 0 Å². The number of rotatable bonds is 6. The van der Waals surface area contributed by atoms with Crippen LogP contribution in [0, 0.1) is 11.8 Å². The molecule has 2 heterocycles. The summed E-state index contributed by atoms with van der Waals surface area (Å²) in [6, 6.07) is 0. The Hall–Kier alpha value is -1.69. The van der Waals surface area contributed by atoms with E-state index in [1.165, 1.54) is 21.3 Å². The highest BCUT2D eigenvalue weighted by Crippen LogP contribution is 2.34. The van der Waals surface area contributed by atoms with Crippen molar-refractivity contribution in [2.24, 2.45) is 11.8 Å². The summed E-state index contributed by atoms with van der Waals surface area (Å²) in [5, 5.41) is 0.743. The first kappa shape index (κ1) is 18.1. The zero-order chi connectivity index (χ0) is 18.1. The second kappa shape index (κ2) is 7.28. The van der Waals surface area contributed by atoms with Crippen LogP contribution < -0.4 is 5.56 Å². The predicted octanol–water partition coefficient (Wildman–Crippen LogP) is 3.09. The number of carbonyl (C=O) groups is 1. The van der Waals surface area contributed by atoms with Gasteiger partial charge in [0.05, 0.1) is 11.7 Å². The molecule has 0 radical (unpaired) electrons. The fraction of sp³-hybridized carbons (Fsp3) is 0.632. The van der Waals surface area contributed by atoms with Gasteiger partial charge in [0.2, 0.25) is 5.91 Å². The predicted molar refractivity (Wildman–Crippen MR) is 102 cm³/mol. The third-order valence-corrected chi connectivity index (χ3v) is 5.72. The molecule has 6 heteroatoms. The molecule has 0 saturated heterocycles. The molecular formula is C19H27N3O2S. The second-order valence-corrected chi connectivity index (χ2v) is 8.89. The molecule has 2 aromatic heterocycles. The van der Waals surface area contributed by atoms with Crippen molar-refractivity contribution in [3.8, 4) is 0 Å². The number of aryl methyl sites for hydroxylation is 2. The molecular weight excluding hydrogens is 334 g/mol. The van der Waals surface area contributed by atoms with Gasteiger partial charge in [-0.25, -0.2) is 4.98 Å². The molecule has 0 aromatic carbocycles. The highest BCUT2D eigenvalue weighted by atomic mass is 32.1. The van der Waals surface area contributed by atoms with Crippen LogP contribution in [0.25, 0.3) is 10.2 Å². The summed E-state index contributed by atoms with van der Waals surface area (Å²) < 4.78 is 1.49. The Bertz CT molecular complexity index is 825. The molecule has 0 fully saturated rings. The highest BCUT2D eigenvalue weighted by molar-refractivity contribution is 7.18. The van der Waals surface area contributed by atoms with Gasteiger partial charge in [0.25, 0.3) is 5.56 Å². The van der Waals surface area contributed by atoms with Gasteiger partial charge in [-0.1, -0.05) is 27.7 Å². The lowest BCUT2D eigenvalue weighted by atomic mass is 10.1. The number of fused-ring (bicyclic) bond motifs is 3. The van der Waals surface area contributed by atoms with Gasteiger partial charge in [0, 0.05) is 18.0 Å². The first-order valence-electron chi connectivity index (χ1n) is 9.14. The average molecular weight is 362 g/mol. The lowest BCUT2D eigenvalue weighted by Crippen LogP contribution is -2.40. The van der Waals surface area contributed by atoms with Crippen molar-refractivity contribution in [2.45, 2.75) is 53.5 Å². The largest absolute Gasteiger partial charge is 0.341 e. The van der Waals surface area contributed by atoms with Crippen LogP contribution in [0.5, 0.6) is 0 Å². The average Bonchev–Trinajstić information content (AvgIpc) is 3.08. The van der Waals surface area contributed by atoms with Crippen LogP contribution in [0.4, 0.5) is 0 Å². The number of thiophene rings is 1. The maximum absolute atomic E-state index is 12.9. The summed E-state index contributed by atoms with van der Waals surface area (Å²) in [5.74, 6) is 0.804. The molecule has 0 saturated carbocycles. The minimum absolute atomic E-state index is 0.00229. The van der Waals surface area contributed by atoms with E-state index in [1.807, 2.05) is 4.90 Å². The van der Waals surface area contributed by atoms with Gasteiger partial charge in [0.1, 0.15) is 11.4 Å². The van der Waals surface area contributed by atoms with Crippen LogP contribution in [-0.2, 0) is 24.2 Å². The summed E-state index contributed by atoms with van der Waals surface area (Å²) in [7, 11) is 0. The van der Waals surface area contributed by atoms with Crippen LogP contribution in [0.3, 0.4) is 0 Å². The Morgan fingerprint density at radius 2 is 1.92 bits per heavy atom. The van der Waals surface area contributed by atoms with Crippen molar-refractivity contribution >= 4 is 27.5 Å². The SMILES string of the molecule is CC(C)CN(CC(C)C)C(=O)Cn1cnc2sc3c(c2c1=O)CCC3. The second-order valence-electron chi connectivity index (χ2n) is 7.80. The molecule has 2 aromatic rings. The number of carbonyl (C=O) groups excluding carboxylic acids is 1. The van der Waals surface area contributed by atoms with Crippen LogP contribution in [0.1, 0.15) is 44.6 Å². The normalized spacial score (nSPS) is 13.8. The first-order chi connectivity index (χ1) is 11.9. The summed E-state index contributed by atoms with van der Waals surface area (Å²) >= 11 is 1.63. The zero-order valence-electron chi connectivity index (χ0n) is 15.5. The topological polar surface area (TPSA) is 55.2 Å². The molecule has 136 valence electrons. The van der Waals surface area contributed by atoms with Gasteiger partial charge < -0.3 is 4.90 Å². The lowest BCUT2D eigenvalue weighted by Gasteiger charge is -2.26. The van der Waals surface area contributed by atoms with Gasteiger partial charge in [0.15, 0.2) is 0 Å². The van der Waals surface area contributed by atoms with Crippen LogP contribution in [0.2, 0.25) is 0 Å². The minimum Gasteiger partial charge on any atom is -0.341 e. The molecule has 1 aliphatic carbocycles. The summed E-state index contributed by atoms with van der Waals surface area (Å²) in [5.41, 5.74) is 1.10. The van der Waals surface area contributed by atoms with E-state index in [2.05, 4.69) is 32.7 Å². The van der Waals surface area contributed by atoms with E-state index in [0.717, 1.165) is 42.6 Å². The molecule has 0 spiro atoms. The van der Waals surface area contributed by atoms with Gasteiger partial charge in [-0.05, 0) is 36.7 Å².